The van der Waals surface area contributed by atoms with Crippen LogP contribution in [0, 0.1) is 121 Å². The molecule has 548 valence electrons. The van der Waals surface area contributed by atoms with E-state index in [1.165, 1.54) is 21.3 Å². The van der Waals surface area contributed by atoms with Crippen molar-refractivity contribution in [3.63, 3.8) is 0 Å². The quantitative estimate of drug-likeness (QED) is 0.0625. The van der Waals surface area contributed by atoms with Crippen molar-refractivity contribution in [3.8, 4) is 0 Å². The van der Waals surface area contributed by atoms with Gasteiger partial charge in [0.05, 0.1) is 47.9 Å². The number of aliphatic hydroxyl groups excluding tert-OH is 1. The fourth-order valence-corrected chi connectivity index (χ4v) is 20.5. The predicted molar refractivity (Wildman–Crippen MR) is 363 cm³/mol. The van der Waals surface area contributed by atoms with E-state index in [-0.39, 0.29) is 142 Å². The van der Waals surface area contributed by atoms with Crippen molar-refractivity contribution in [3.05, 3.63) is 115 Å². The zero-order valence-electron chi connectivity index (χ0n) is 60.5. The van der Waals surface area contributed by atoms with E-state index < -0.39 is 101 Å². The summed E-state index contributed by atoms with van der Waals surface area (Å²) in [7, 11) is 4.50. The molecule has 0 aromatic rings. The van der Waals surface area contributed by atoms with Crippen molar-refractivity contribution in [2.24, 2.45) is 101 Å². The SMILES string of the molecule is CC[C@H]1OC(=O)[C@@H](OC)C[C@H]2C=C[C@H]3[C@H]4O[C@]2(/C(C)=C/[C@H]1C)[C@@H]3C(=O)C(C)[C@H]4C[N+](=O)[O-].CC[C@H]1OC(=O)[C@@H](OC)C[C@H]2C=C[C@H]3[C@H]4O[C@]2(/C(C)=C/[C@H]1C)[C@@H]3C(=O)[C@@H](C)[C@H]4OC(=O)C1=CC=CC1.CC[C@H]1OC(=O)[C@@H](OC)C[C@H]2C=C[C@H]3[C@H]4O[C@]2(/C(C)=C/[C@H]1C)[C@@H]3[C@H](O)C(C)[C@H]4C[N+](=O)[O-]. The largest absolute Gasteiger partial charge is 0.460 e. The summed E-state index contributed by atoms with van der Waals surface area (Å²) in [4.78, 5) is 101. The average molecular weight is 1390 g/mol. The highest BCUT2D eigenvalue weighted by atomic mass is 16.6. The molecule has 0 aromatic heterocycles. The summed E-state index contributed by atoms with van der Waals surface area (Å²) < 4.78 is 60.6. The highest BCUT2D eigenvalue weighted by Crippen LogP contribution is 2.64. The maximum atomic E-state index is 14.0. The normalized spacial score (nSPS) is 47.1. The Hall–Kier alpha value is -6.34. The number of cyclic esters (lactones) is 3. The van der Waals surface area contributed by atoms with Crippen LogP contribution in [0.3, 0.4) is 0 Å². The van der Waals surface area contributed by atoms with Gasteiger partial charge in [0.1, 0.15) is 58.9 Å². The zero-order chi connectivity index (χ0) is 72.5. The van der Waals surface area contributed by atoms with Gasteiger partial charge in [-0.15, -0.1) is 0 Å². The highest BCUT2D eigenvalue weighted by molar-refractivity contribution is 5.92. The third-order valence-corrected chi connectivity index (χ3v) is 25.7. The summed E-state index contributed by atoms with van der Waals surface area (Å²) >= 11 is 0. The number of carbonyl (C=O) groups is 6. The van der Waals surface area contributed by atoms with Crippen molar-refractivity contribution in [1.29, 1.82) is 0 Å². The van der Waals surface area contributed by atoms with Crippen LogP contribution < -0.4 is 0 Å². The van der Waals surface area contributed by atoms with Gasteiger partial charge in [-0.1, -0.05) is 135 Å². The lowest BCUT2D eigenvalue weighted by Gasteiger charge is -2.48. The van der Waals surface area contributed by atoms with Crippen LogP contribution in [0.25, 0.3) is 0 Å². The lowest BCUT2D eigenvalue weighted by atomic mass is 9.56. The maximum absolute atomic E-state index is 14.0. The Balaban J connectivity index is 0.000000152. The van der Waals surface area contributed by atoms with Gasteiger partial charge in [-0.25, -0.2) is 19.2 Å². The number of nitro groups is 2. The van der Waals surface area contributed by atoms with Crippen molar-refractivity contribution in [2.45, 2.75) is 212 Å². The molecule has 23 heteroatoms. The first-order valence-electron chi connectivity index (χ1n) is 36.4. The summed E-state index contributed by atoms with van der Waals surface area (Å²) in [5.74, 6) is -6.09. The van der Waals surface area contributed by atoms with Gasteiger partial charge in [0.2, 0.25) is 13.1 Å². The standard InChI is InChI=1S/C29H36O7.C24H35NO7.C24H33NO7/c1-6-21-15(2)13-16(3)29-19(14-22(33-5)28(32)34-21)11-12-20-23(29)24(30)17(4)25(26(20)36-29)35-27(31)18-9-7-8-10-18;2*1-6-18-12(2)9-13(3)24-15(10-19(30-5)23(27)31-18)7-8-16-20(24)21(26)14(4)17(11-25(28)29)22(16)32-24/h7-9,11-13,15,17,19-23,25-26H,6,10,14H2,1-5H3;7-9,12,14-22,26H,6,10-11H2,1-5H3;7-9,12,14-20,22H,6,10-11H2,1-5H3/b16-13+;2*13-9+/t15-,17-,19-,20-,21-,22+,23+,25-,26-,29+;12-,14?,15-,16-,17-,18-,19+,20+,21-,22-,24+;12-,14?,15-,16-,17-,18-,19+,20+,22-,24+/m111/s1. The summed E-state index contributed by atoms with van der Waals surface area (Å²) in [6.45, 7) is 23.0. The number of methoxy groups -OCH3 is 3. The van der Waals surface area contributed by atoms with E-state index in [9.17, 15) is 54.1 Å². The Morgan fingerprint density at radius 2 is 0.950 bits per heavy atom. The van der Waals surface area contributed by atoms with Crippen molar-refractivity contribution >= 4 is 35.4 Å². The molecule has 6 fully saturated rings. The minimum absolute atomic E-state index is 0.0194. The number of rotatable bonds is 12. The van der Waals surface area contributed by atoms with Gasteiger partial charge in [-0.3, -0.25) is 29.8 Å². The summed E-state index contributed by atoms with van der Waals surface area (Å²) in [6, 6.07) is 0. The van der Waals surface area contributed by atoms with Crippen molar-refractivity contribution in [1.82, 2.24) is 0 Å². The molecule has 3 saturated carbocycles. The third kappa shape index (κ3) is 12.6. The molecular formula is C77H104N2O21. The number of carbonyl (C=O) groups excluding carboxylic acids is 6. The van der Waals surface area contributed by atoms with E-state index in [1.54, 1.807) is 13.0 Å². The molecule has 13 aliphatic rings. The number of allylic oxidation sites excluding steroid dienone is 3. The second-order valence-electron chi connectivity index (χ2n) is 30.8. The van der Waals surface area contributed by atoms with Gasteiger partial charge in [0.25, 0.3) is 0 Å². The van der Waals surface area contributed by atoms with E-state index >= 15 is 0 Å². The number of aliphatic hydroxyl groups is 1. The van der Waals surface area contributed by atoms with E-state index in [4.69, 9.17) is 47.4 Å². The molecule has 1 N–H and O–H groups in total. The molecule has 6 heterocycles. The van der Waals surface area contributed by atoms with Crippen LogP contribution >= 0.6 is 0 Å². The second kappa shape index (κ2) is 29.4. The third-order valence-electron chi connectivity index (χ3n) is 25.7. The monoisotopic (exact) mass is 1390 g/mol. The molecule has 13 rings (SSSR count). The molecule has 23 nitrogen and oxygen atoms in total. The van der Waals surface area contributed by atoms with Crippen LogP contribution in [-0.2, 0) is 76.1 Å². The van der Waals surface area contributed by atoms with E-state index in [0.717, 1.165) is 16.7 Å². The van der Waals surface area contributed by atoms with Crippen LogP contribution in [0.2, 0.25) is 0 Å². The van der Waals surface area contributed by atoms with Crippen molar-refractivity contribution in [2.75, 3.05) is 34.4 Å². The molecule has 3 spiro atoms. The molecule has 100 heavy (non-hydrogen) atoms. The number of esters is 4. The molecular weight excluding hydrogens is 1290 g/mol. The van der Waals surface area contributed by atoms with Crippen LogP contribution in [0.5, 0.6) is 0 Å². The van der Waals surface area contributed by atoms with Crippen molar-refractivity contribution < 1.29 is 91.1 Å². The molecule has 12 bridgehead atoms. The van der Waals surface area contributed by atoms with Gasteiger partial charge in [-0.2, -0.15) is 0 Å². The average Bonchev–Trinajstić information content (AvgIpc) is 1.54. The molecule has 0 radical (unpaired) electrons. The molecule has 3 saturated heterocycles. The van der Waals surface area contributed by atoms with Crippen LogP contribution in [-0.4, -0.2) is 169 Å². The lowest BCUT2D eigenvalue weighted by molar-refractivity contribution is -0.494. The summed E-state index contributed by atoms with van der Waals surface area (Å²) in [5, 5.41) is 34.3. The minimum atomic E-state index is -0.929. The lowest BCUT2D eigenvalue weighted by Crippen LogP contribution is -2.56. The van der Waals surface area contributed by atoms with Gasteiger partial charge in [0, 0.05) is 102 Å². The number of nitrogens with zero attached hydrogens (tertiary/aromatic N) is 2. The Bertz CT molecular complexity index is 3460. The summed E-state index contributed by atoms with van der Waals surface area (Å²) in [5.41, 5.74) is 0.794. The van der Waals surface area contributed by atoms with Gasteiger partial charge < -0.3 is 52.5 Å². The maximum Gasteiger partial charge on any atom is 0.335 e. The smallest absolute Gasteiger partial charge is 0.335 e. The Kier molecular flexibility index (Phi) is 22.0. The minimum Gasteiger partial charge on any atom is -0.460 e. The van der Waals surface area contributed by atoms with E-state index in [0.29, 0.717) is 50.5 Å². The van der Waals surface area contributed by atoms with Crippen LogP contribution in [0.1, 0.15) is 128 Å². The topological polar surface area (TPSA) is 301 Å². The number of hydrogen-bond donors (Lipinski definition) is 1. The summed E-state index contributed by atoms with van der Waals surface area (Å²) in [6.07, 6.45) is 21.7. The predicted octanol–water partition coefficient (Wildman–Crippen LogP) is 9.63. The molecule has 2 unspecified atom stereocenters. The number of ketones is 2. The first-order chi connectivity index (χ1) is 47.5. The first kappa shape index (κ1) is 74.8. The van der Waals surface area contributed by atoms with Gasteiger partial charge >= 0.3 is 23.9 Å². The number of Topliss-reactive ketones (excluding diaryl/α,β-unsaturated/α-hetero) is 2. The molecule has 0 aromatic carbocycles. The molecule has 31 atom stereocenters. The number of hydrogen-bond acceptors (Lipinski definition) is 21. The van der Waals surface area contributed by atoms with Gasteiger partial charge in [-0.05, 0) is 88.4 Å². The fraction of sp³-hybridized carbons (Fsp3) is 0.714. The zero-order valence-corrected chi connectivity index (χ0v) is 60.5. The van der Waals surface area contributed by atoms with E-state index in [2.05, 4.69) is 30.4 Å². The van der Waals surface area contributed by atoms with E-state index in [1.807, 2.05) is 113 Å². The number of ether oxygens (including phenoxy) is 10. The fourth-order valence-electron chi connectivity index (χ4n) is 20.5. The van der Waals surface area contributed by atoms with Gasteiger partial charge in [0.15, 0.2) is 18.3 Å². The Morgan fingerprint density at radius 3 is 1.38 bits per heavy atom. The highest BCUT2D eigenvalue weighted by Gasteiger charge is 2.72. The molecule has 7 aliphatic carbocycles. The Morgan fingerprint density at radius 1 is 0.560 bits per heavy atom. The van der Waals surface area contributed by atoms with Crippen LogP contribution in [0.4, 0.5) is 0 Å². The second-order valence-corrected chi connectivity index (χ2v) is 30.8. The van der Waals surface area contributed by atoms with Crippen LogP contribution in [0.15, 0.2) is 95.2 Å². The first-order valence-corrected chi connectivity index (χ1v) is 36.4. The molecule has 6 aliphatic heterocycles. The molecule has 0 amide bonds. The Labute approximate surface area is 586 Å².